The fraction of sp³-hybridized carbons (Fsp3) is 0.160. The number of nitro benzene ring substituents is 1. The summed E-state index contributed by atoms with van der Waals surface area (Å²) in [5.74, 6) is 1.05. The summed E-state index contributed by atoms with van der Waals surface area (Å²) in [4.78, 5) is 42.1. The molecule has 11 nitrogen and oxygen atoms in total. The molecule has 12 heteroatoms. The number of ether oxygens (including phenoxy) is 4. The van der Waals surface area contributed by atoms with Gasteiger partial charge < -0.3 is 18.9 Å². The summed E-state index contributed by atoms with van der Waals surface area (Å²) in [6, 6.07) is 13.3. The Hall–Kier alpha value is -4.58. The Labute approximate surface area is 215 Å². The van der Waals surface area contributed by atoms with Crippen LogP contribution in [-0.2, 0) is 0 Å². The van der Waals surface area contributed by atoms with Gasteiger partial charge in [0.15, 0.2) is 5.16 Å². The van der Waals surface area contributed by atoms with Crippen molar-refractivity contribution in [3.63, 3.8) is 0 Å². The number of benzene rings is 3. The van der Waals surface area contributed by atoms with E-state index in [0.717, 1.165) is 0 Å². The number of nitrogens with zero attached hydrogens (tertiary/aromatic N) is 3. The molecule has 0 aliphatic carbocycles. The second kappa shape index (κ2) is 10.6. The Kier molecular flexibility index (Phi) is 7.30. The zero-order valence-electron chi connectivity index (χ0n) is 20.2. The molecule has 1 heterocycles. The largest absolute Gasteiger partial charge is 0.497 e. The van der Waals surface area contributed by atoms with Gasteiger partial charge in [-0.25, -0.2) is 4.98 Å². The number of hydrogen-bond donors (Lipinski definition) is 0. The molecule has 0 aliphatic heterocycles. The second-order valence-corrected chi connectivity index (χ2v) is 8.50. The maximum Gasteiger partial charge on any atom is 0.271 e. The van der Waals surface area contributed by atoms with Crippen molar-refractivity contribution >= 4 is 39.5 Å². The van der Waals surface area contributed by atoms with Crippen molar-refractivity contribution in [2.24, 2.45) is 0 Å². The smallest absolute Gasteiger partial charge is 0.271 e. The van der Waals surface area contributed by atoms with E-state index < -0.39 is 15.9 Å². The van der Waals surface area contributed by atoms with E-state index >= 15 is 0 Å². The van der Waals surface area contributed by atoms with Gasteiger partial charge in [0.1, 0.15) is 23.0 Å². The van der Waals surface area contributed by atoms with Gasteiger partial charge in [-0.15, -0.1) is 0 Å². The molecular weight excluding hydrogens is 502 g/mol. The van der Waals surface area contributed by atoms with Crippen molar-refractivity contribution in [2.45, 2.75) is 5.16 Å². The van der Waals surface area contributed by atoms with Gasteiger partial charge in [-0.3, -0.25) is 24.3 Å². The molecule has 4 rings (SSSR count). The molecule has 0 amide bonds. The molecule has 0 N–H and O–H groups in total. The lowest BCUT2D eigenvalue weighted by molar-refractivity contribution is -0.384. The second-order valence-electron chi connectivity index (χ2n) is 7.56. The van der Waals surface area contributed by atoms with Crippen LogP contribution in [0.15, 0.2) is 59.8 Å². The number of aromatic nitrogens is 2. The van der Waals surface area contributed by atoms with Gasteiger partial charge >= 0.3 is 0 Å². The highest BCUT2D eigenvalue weighted by atomic mass is 32.2. The quantitative estimate of drug-likeness (QED) is 0.183. The fourth-order valence-corrected chi connectivity index (χ4v) is 4.37. The molecule has 0 atom stereocenters. The van der Waals surface area contributed by atoms with Crippen LogP contribution in [0.1, 0.15) is 20.7 Å². The van der Waals surface area contributed by atoms with Crippen molar-refractivity contribution < 1.29 is 33.5 Å². The summed E-state index contributed by atoms with van der Waals surface area (Å²) in [6.07, 6.45) is 0. The van der Waals surface area contributed by atoms with Crippen LogP contribution in [0.25, 0.3) is 11.0 Å². The molecule has 0 bridgehead atoms. The number of hydrogen-bond acceptors (Lipinski definition) is 10. The maximum atomic E-state index is 13.7. The summed E-state index contributed by atoms with van der Waals surface area (Å²) in [7, 11) is 5.83. The van der Waals surface area contributed by atoms with Gasteiger partial charge in [-0.2, -0.15) is 0 Å². The van der Waals surface area contributed by atoms with Crippen LogP contribution in [0.4, 0.5) is 5.69 Å². The fourth-order valence-electron chi connectivity index (χ4n) is 3.55. The zero-order valence-corrected chi connectivity index (χ0v) is 21.0. The lowest BCUT2D eigenvalue weighted by atomic mass is 10.2. The Morgan fingerprint density at radius 1 is 0.811 bits per heavy atom. The SMILES string of the molecule is COc1cc(OC)cc(C(=O)Sc2nc3cc([N+](=O)[O-])ccc3n2C(=O)c2cc(OC)cc(OC)c2)c1. The number of non-ortho nitro benzene ring substituents is 1. The van der Waals surface area contributed by atoms with Crippen LogP contribution in [0.5, 0.6) is 23.0 Å². The molecule has 0 fully saturated rings. The van der Waals surface area contributed by atoms with Crippen LogP contribution < -0.4 is 18.9 Å². The summed E-state index contributed by atoms with van der Waals surface area (Å²) in [5.41, 5.74) is 0.715. The average Bonchev–Trinajstić information content (AvgIpc) is 3.28. The van der Waals surface area contributed by atoms with Crippen molar-refractivity contribution in [2.75, 3.05) is 28.4 Å². The van der Waals surface area contributed by atoms with Crippen molar-refractivity contribution in [3.05, 3.63) is 75.8 Å². The third-order valence-electron chi connectivity index (χ3n) is 5.39. The van der Waals surface area contributed by atoms with Gasteiger partial charge in [0.05, 0.1) is 44.4 Å². The molecule has 0 saturated carbocycles. The van der Waals surface area contributed by atoms with Gasteiger partial charge in [-0.05, 0) is 42.1 Å². The first-order valence-corrected chi connectivity index (χ1v) is 11.5. The lowest BCUT2D eigenvalue weighted by Crippen LogP contribution is -2.14. The number of imidazole rings is 1. The van der Waals surface area contributed by atoms with Gasteiger partial charge in [0, 0.05) is 35.4 Å². The molecule has 1 aromatic heterocycles. The van der Waals surface area contributed by atoms with Crippen LogP contribution in [0.3, 0.4) is 0 Å². The van der Waals surface area contributed by atoms with E-state index in [9.17, 15) is 19.7 Å². The number of carbonyl (C=O) groups is 2. The van der Waals surface area contributed by atoms with E-state index in [1.807, 2.05) is 0 Å². The minimum absolute atomic E-state index is 0.0223. The lowest BCUT2D eigenvalue weighted by Gasteiger charge is -2.11. The number of rotatable bonds is 8. The summed E-state index contributed by atoms with van der Waals surface area (Å²) in [5, 5.41) is 10.9. The van der Waals surface area contributed by atoms with Crippen molar-refractivity contribution in [3.8, 4) is 23.0 Å². The van der Waals surface area contributed by atoms with Crippen LogP contribution in [0.2, 0.25) is 0 Å². The minimum Gasteiger partial charge on any atom is -0.497 e. The molecule has 4 aromatic rings. The topological polar surface area (TPSA) is 132 Å². The normalized spacial score (nSPS) is 10.7. The number of methoxy groups -OCH3 is 4. The predicted molar refractivity (Wildman–Crippen MR) is 135 cm³/mol. The third kappa shape index (κ3) is 5.19. The zero-order chi connectivity index (χ0) is 26.7. The number of nitro groups is 1. The van der Waals surface area contributed by atoms with Crippen molar-refractivity contribution in [1.82, 2.24) is 9.55 Å². The molecular formula is C25H21N3O8S. The third-order valence-corrected chi connectivity index (χ3v) is 6.27. The number of thioether (sulfide) groups is 1. The molecule has 3 aromatic carbocycles. The van der Waals surface area contributed by atoms with E-state index in [2.05, 4.69) is 4.98 Å². The monoisotopic (exact) mass is 523 g/mol. The Balaban J connectivity index is 1.85. The molecule has 0 radical (unpaired) electrons. The number of carbonyl (C=O) groups excluding carboxylic acids is 2. The Morgan fingerprint density at radius 2 is 1.32 bits per heavy atom. The van der Waals surface area contributed by atoms with E-state index in [-0.39, 0.29) is 33.0 Å². The summed E-state index contributed by atoms with van der Waals surface area (Å²) in [6.45, 7) is 0. The van der Waals surface area contributed by atoms with Crippen LogP contribution in [0, 0.1) is 10.1 Å². The summed E-state index contributed by atoms with van der Waals surface area (Å²) < 4.78 is 22.3. The molecule has 0 spiro atoms. The van der Waals surface area contributed by atoms with Crippen molar-refractivity contribution in [1.29, 1.82) is 0 Å². The predicted octanol–water partition coefficient (Wildman–Crippen LogP) is 4.60. The average molecular weight is 524 g/mol. The first-order valence-electron chi connectivity index (χ1n) is 10.7. The molecule has 0 unspecified atom stereocenters. The van der Waals surface area contributed by atoms with Gasteiger partial charge in [-0.1, -0.05) is 0 Å². The highest BCUT2D eigenvalue weighted by Gasteiger charge is 2.24. The van der Waals surface area contributed by atoms with E-state index in [1.165, 1.54) is 75.5 Å². The standard InChI is InChI=1S/C25H21N3O8S/c1-33-17-7-14(8-18(12-17)34-2)23(29)27-22-6-5-16(28(31)32)11-21(22)26-25(27)37-24(30)15-9-19(35-3)13-20(10-15)36-4/h5-13H,1-4H3. The van der Waals surface area contributed by atoms with E-state index in [1.54, 1.807) is 12.1 Å². The van der Waals surface area contributed by atoms with E-state index in [4.69, 9.17) is 18.9 Å². The summed E-state index contributed by atoms with van der Waals surface area (Å²) >= 11 is 0.693. The first-order chi connectivity index (χ1) is 17.8. The number of fused-ring (bicyclic) bond motifs is 1. The Bertz CT molecular complexity index is 1490. The first kappa shape index (κ1) is 25.5. The molecule has 37 heavy (non-hydrogen) atoms. The maximum absolute atomic E-state index is 13.7. The highest BCUT2D eigenvalue weighted by Crippen LogP contribution is 2.33. The molecule has 190 valence electrons. The van der Waals surface area contributed by atoms with Crippen LogP contribution >= 0.6 is 11.8 Å². The highest BCUT2D eigenvalue weighted by molar-refractivity contribution is 8.14. The Morgan fingerprint density at radius 3 is 1.81 bits per heavy atom. The van der Waals surface area contributed by atoms with Gasteiger partial charge in [0.25, 0.3) is 11.6 Å². The van der Waals surface area contributed by atoms with Crippen LogP contribution in [-0.4, -0.2) is 53.9 Å². The molecule has 0 saturated heterocycles. The van der Waals surface area contributed by atoms with E-state index in [0.29, 0.717) is 34.8 Å². The minimum atomic E-state index is -0.562. The molecule has 0 aliphatic rings. The van der Waals surface area contributed by atoms with Gasteiger partial charge in [0.2, 0.25) is 5.12 Å².